The van der Waals surface area contributed by atoms with E-state index in [9.17, 15) is 4.79 Å². The van der Waals surface area contributed by atoms with E-state index in [1.807, 2.05) is 45.0 Å². The molecule has 0 bridgehead atoms. The van der Waals surface area contributed by atoms with Gasteiger partial charge >= 0.3 is 0 Å². The van der Waals surface area contributed by atoms with E-state index in [1.54, 1.807) is 0 Å². The number of hydrogen-bond donors (Lipinski definition) is 1. The van der Waals surface area contributed by atoms with Gasteiger partial charge in [-0.1, -0.05) is 36.4 Å². The second-order valence-electron chi connectivity index (χ2n) is 5.89. The summed E-state index contributed by atoms with van der Waals surface area (Å²) in [5.41, 5.74) is 3.40. The molecule has 1 N–H and O–H groups in total. The van der Waals surface area contributed by atoms with Crippen molar-refractivity contribution in [3.63, 3.8) is 0 Å². The van der Waals surface area contributed by atoms with Gasteiger partial charge in [0.25, 0.3) is 5.91 Å². The van der Waals surface area contributed by atoms with Crippen molar-refractivity contribution >= 4 is 16.7 Å². The molecule has 0 aliphatic heterocycles. The first-order valence-corrected chi connectivity index (χ1v) is 7.78. The van der Waals surface area contributed by atoms with Gasteiger partial charge in [-0.3, -0.25) is 9.78 Å². The molecule has 1 atom stereocenters. The fourth-order valence-electron chi connectivity index (χ4n) is 2.76. The van der Waals surface area contributed by atoms with Crippen molar-refractivity contribution in [2.45, 2.75) is 26.8 Å². The third kappa shape index (κ3) is 3.24. The highest BCUT2D eigenvalue weighted by Gasteiger charge is 2.14. The fraction of sp³-hybridized carbons (Fsp3) is 0.200. The van der Waals surface area contributed by atoms with Crippen LogP contribution in [0.1, 0.15) is 40.3 Å². The van der Waals surface area contributed by atoms with Gasteiger partial charge in [-0.15, -0.1) is 0 Å². The number of pyridine rings is 1. The first-order chi connectivity index (χ1) is 11.0. The SMILES string of the molecule is Cc1ccc(C(=O)NC(C)c2ccc3ccccc3c2)c(C)n1. The Morgan fingerprint density at radius 3 is 2.48 bits per heavy atom. The lowest BCUT2D eigenvalue weighted by atomic mass is 10.0. The predicted octanol–water partition coefficient (Wildman–Crippen LogP) is 4.34. The van der Waals surface area contributed by atoms with Gasteiger partial charge in [0.2, 0.25) is 0 Å². The lowest BCUT2D eigenvalue weighted by Crippen LogP contribution is -2.27. The molecule has 3 nitrogen and oxygen atoms in total. The number of aromatic nitrogens is 1. The highest BCUT2D eigenvalue weighted by atomic mass is 16.1. The third-order valence-electron chi connectivity index (χ3n) is 4.09. The maximum absolute atomic E-state index is 12.5. The highest BCUT2D eigenvalue weighted by molar-refractivity contribution is 5.95. The Morgan fingerprint density at radius 2 is 1.74 bits per heavy atom. The van der Waals surface area contributed by atoms with Crippen LogP contribution in [0.25, 0.3) is 10.8 Å². The lowest BCUT2D eigenvalue weighted by molar-refractivity contribution is 0.0939. The second-order valence-corrected chi connectivity index (χ2v) is 5.89. The number of carbonyl (C=O) groups excluding carboxylic acids is 1. The monoisotopic (exact) mass is 304 g/mol. The average Bonchev–Trinajstić information content (AvgIpc) is 2.54. The quantitative estimate of drug-likeness (QED) is 0.782. The molecule has 116 valence electrons. The van der Waals surface area contributed by atoms with Crippen LogP contribution in [0.15, 0.2) is 54.6 Å². The van der Waals surface area contributed by atoms with Gasteiger partial charge in [0.1, 0.15) is 0 Å². The number of amides is 1. The van der Waals surface area contributed by atoms with Gasteiger partial charge in [0.05, 0.1) is 17.3 Å². The number of benzene rings is 2. The molecule has 1 heterocycles. The molecule has 0 saturated heterocycles. The standard InChI is InChI=1S/C20H20N2O/c1-13-8-11-19(15(3)21-13)20(23)22-14(2)17-10-9-16-6-4-5-7-18(16)12-17/h4-12,14H,1-3H3,(H,22,23). The maximum Gasteiger partial charge on any atom is 0.253 e. The minimum atomic E-state index is -0.0874. The van der Waals surface area contributed by atoms with Crippen molar-refractivity contribution < 1.29 is 4.79 Å². The molecule has 0 radical (unpaired) electrons. The molecule has 0 fully saturated rings. The van der Waals surface area contributed by atoms with Crippen LogP contribution in [0.5, 0.6) is 0 Å². The van der Waals surface area contributed by atoms with Crippen LogP contribution in [0.3, 0.4) is 0 Å². The number of nitrogens with one attached hydrogen (secondary N) is 1. The zero-order chi connectivity index (χ0) is 16.4. The van der Waals surface area contributed by atoms with Crippen LogP contribution >= 0.6 is 0 Å². The average molecular weight is 304 g/mol. The van der Waals surface area contributed by atoms with Crippen LogP contribution in [0, 0.1) is 13.8 Å². The Balaban J connectivity index is 1.82. The lowest BCUT2D eigenvalue weighted by Gasteiger charge is -2.16. The van der Waals surface area contributed by atoms with Crippen molar-refractivity contribution in [3.05, 3.63) is 77.1 Å². The molecule has 0 saturated carbocycles. The van der Waals surface area contributed by atoms with Gasteiger partial charge in [-0.2, -0.15) is 0 Å². The molecular weight excluding hydrogens is 284 g/mol. The van der Waals surface area contributed by atoms with Gasteiger partial charge in [0.15, 0.2) is 0 Å². The third-order valence-corrected chi connectivity index (χ3v) is 4.09. The molecule has 23 heavy (non-hydrogen) atoms. The number of nitrogens with zero attached hydrogens (tertiary/aromatic N) is 1. The summed E-state index contributed by atoms with van der Waals surface area (Å²) in [6, 6.07) is 18.1. The van der Waals surface area contributed by atoms with E-state index < -0.39 is 0 Å². The van der Waals surface area contributed by atoms with Crippen molar-refractivity contribution in [1.29, 1.82) is 0 Å². The number of carbonyl (C=O) groups is 1. The summed E-state index contributed by atoms with van der Waals surface area (Å²) in [7, 11) is 0. The Morgan fingerprint density at radius 1 is 1.00 bits per heavy atom. The van der Waals surface area contributed by atoms with Crippen LogP contribution in [0.2, 0.25) is 0 Å². The zero-order valence-electron chi connectivity index (χ0n) is 13.6. The van der Waals surface area contributed by atoms with Crippen LogP contribution in [-0.4, -0.2) is 10.9 Å². The fourth-order valence-corrected chi connectivity index (χ4v) is 2.76. The molecule has 3 heteroatoms. The maximum atomic E-state index is 12.5. The van der Waals surface area contributed by atoms with Gasteiger partial charge < -0.3 is 5.32 Å². The Kier molecular flexibility index (Phi) is 4.11. The predicted molar refractivity (Wildman–Crippen MR) is 93.5 cm³/mol. The minimum Gasteiger partial charge on any atom is -0.345 e. The van der Waals surface area contributed by atoms with E-state index in [1.165, 1.54) is 10.8 Å². The van der Waals surface area contributed by atoms with Crippen molar-refractivity contribution in [3.8, 4) is 0 Å². The van der Waals surface area contributed by atoms with Crippen molar-refractivity contribution in [2.75, 3.05) is 0 Å². The van der Waals surface area contributed by atoms with E-state index in [0.29, 0.717) is 5.56 Å². The minimum absolute atomic E-state index is 0.0622. The second kappa shape index (κ2) is 6.21. The van der Waals surface area contributed by atoms with Gasteiger partial charge in [-0.25, -0.2) is 0 Å². The molecule has 1 unspecified atom stereocenters. The first-order valence-electron chi connectivity index (χ1n) is 7.78. The highest BCUT2D eigenvalue weighted by Crippen LogP contribution is 2.20. The Labute approximate surface area is 136 Å². The summed E-state index contributed by atoms with van der Waals surface area (Å²) >= 11 is 0. The smallest absolute Gasteiger partial charge is 0.253 e. The summed E-state index contributed by atoms with van der Waals surface area (Å²) in [6.07, 6.45) is 0. The van der Waals surface area contributed by atoms with Gasteiger partial charge in [0, 0.05) is 5.69 Å². The first kappa shape index (κ1) is 15.2. The summed E-state index contributed by atoms with van der Waals surface area (Å²) in [6.45, 7) is 5.79. The van der Waals surface area contributed by atoms with Crippen LogP contribution in [-0.2, 0) is 0 Å². The number of fused-ring (bicyclic) bond motifs is 1. The number of aryl methyl sites for hydroxylation is 2. The zero-order valence-corrected chi connectivity index (χ0v) is 13.6. The summed E-state index contributed by atoms with van der Waals surface area (Å²) in [4.78, 5) is 16.8. The van der Waals surface area contributed by atoms with Gasteiger partial charge in [-0.05, 0) is 55.3 Å². The molecule has 3 rings (SSSR count). The topological polar surface area (TPSA) is 42.0 Å². The molecule has 0 aliphatic rings. The largest absolute Gasteiger partial charge is 0.345 e. The van der Waals surface area contributed by atoms with E-state index in [0.717, 1.165) is 17.0 Å². The van der Waals surface area contributed by atoms with Crippen LogP contribution < -0.4 is 5.32 Å². The Bertz CT molecular complexity index is 870. The molecule has 1 amide bonds. The van der Waals surface area contributed by atoms with Crippen molar-refractivity contribution in [2.24, 2.45) is 0 Å². The van der Waals surface area contributed by atoms with Crippen LogP contribution in [0.4, 0.5) is 0 Å². The molecule has 1 aromatic heterocycles. The molecule has 2 aromatic carbocycles. The number of hydrogen-bond acceptors (Lipinski definition) is 2. The van der Waals surface area contributed by atoms with E-state index in [-0.39, 0.29) is 11.9 Å². The van der Waals surface area contributed by atoms with E-state index in [4.69, 9.17) is 0 Å². The summed E-state index contributed by atoms with van der Waals surface area (Å²) < 4.78 is 0. The Hall–Kier alpha value is -2.68. The molecule has 3 aromatic rings. The number of rotatable bonds is 3. The molecule has 0 aliphatic carbocycles. The van der Waals surface area contributed by atoms with E-state index >= 15 is 0 Å². The molecular formula is C20H20N2O. The summed E-state index contributed by atoms with van der Waals surface area (Å²) in [5, 5.41) is 5.44. The molecule has 0 spiro atoms. The van der Waals surface area contributed by atoms with Crippen molar-refractivity contribution in [1.82, 2.24) is 10.3 Å². The van der Waals surface area contributed by atoms with E-state index in [2.05, 4.69) is 40.6 Å². The summed E-state index contributed by atoms with van der Waals surface area (Å²) in [5.74, 6) is -0.0874. The normalized spacial score (nSPS) is 12.1.